The third-order valence-corrected chi connectivity index (χ3v) is 3.24. The Kier molecular flexibility index (Phi) is 4.62. The highest BCUT2D eigenvalue weighted by atomic mass is 14.7. The summed E-state index contributed by atoms with van der Waals surface area (Å²) in [5.41, 5.74) is 2.86. The second-order valence-corrected chi connectivity index (χ2v) is 4.91. The largest absolute Gasteiger partial charge is 0.269 e. The van der Waals surface area contributed by atoms with Gasteiger partial charge in [-0.15, -0.1) is 0 Å². The number of aliphatic imine (C=N–C) groups is 3. The number of benzene rings is 1. The summed E-state index contributed by atoms with van der Waals surface area (Å²) in [5.74, 6) is 0.335. The minimum absolute atomic E-state index is 0.335. The van der Waals surface area contributed by atoms with E-state index in [1.807, 2.05) is 61.2 Å². The molecule has 1 atom stereocenters. The van der Waals surface area contributed by atoms with Crippen molar-refractivity contribution in [2.75, 3.05) is 0 Å². The summed E-state index contributed by atoms with van der Waals surface area (Å²) in [7, 11) is 0. The molecule has 1 unspecified atom stereocenters. The molecule has 22 heavy (non-hydrogen) atoms. The fourth-order valence-corrected chi connectivity index (χ4v) is 2.00. The van der Waals surface area contributed by atoms with Crippen LogP contribution in [0.3, 0.4) is 0 Å². The zero-order valence-corrected chi connectivity index (χ0v) is 12.1. The fourth-order valence-electron chi connectivity index (χ4n) is 2.00. The van der Waals surface area contributed by atoms with E-state index in [2.05, 4.69) is 26.0 Å². The van der Waals surface area contributed by atoms with E-state index in [1.54, 1.807) is 12.4 Å². The first-order chi connectivity index (χ1) is 10.9. The zero-order valence-electron chi connectivity index (χ0n) is 12.1. The van der Waals surface area contributed by atoms with Gasteiger partial charge in [0.05, 0.1) is 11.4 Å². The molecule has 2 aromatic rings. The summed E-state index contributed by atoms with van der Waals surface area (Å²) in [6.07, 6.45) is 14.0. The molecule has 1 aromatic heterocycles. The summed E-state index contributed by atoms with van der Waals surface area (Å²) < 4.78 is 0. The van der Waals surface area contributed by atoms with Crippen LogP contribution in [-0.4, -0.2) is 23.6 Å². The lowest BCUT2D eigenvalue weighted by atomic mass is 10.1. The van der Waals surface area contributed by atoms with Crippen molar-refractivity contribution in [2.24, 2.45) is 20.9 Å². The molecule has 0 amide bonds. The predicted octanol–water partition coefficient (Wildman–Crippen LogP) is 4.14. The van der Waals surface area contributed by atoms with Crippen LogP contribution in [0.25, 0.3) is 0 Å². The lowest BCUT2D eigenvalue weighted by Crippen LogP contribution is -2.01. The quantitative estimate of drug-likeness (QED) is 0.780. The van der Waals surface area contributed by atoms with Gasteiger partial charge in [0.2, 0.25) is 0 Å². The Hall–Kier alpha value is -2.88. The van der Waals surface area contributed by atoms with Gasteiger partial charge >= 0.3 is 0 Å². The van der Waals surface area contributed by atoms with Crippen LogP contribution in [0.5, 0.6) is 0 Å². The van der Waals surface area contributed by atoms with Crippen LogP contribution >= 0.6 is 0 Å². The smallest absolute Gasteiger partial charge is 0.0631 e. The number of aromatic nitrogens is 1. The number of allylic oxidation sites excluding steroid dienone is 1. The average molecular weight is 288 g/mol. The molecular formula is C18H16N4. The number of pyridine rings is 1. The van der Waals surface area contributed by atoms with Gasteiger partial charge in [-0.25, -0.2) is 0 Å². The third kappa shape index (κ3) is 4.06. The average Bonchev–Trinajstić information content (AvgIpc) is 2.61. The topological polar surface area (TPSA) is 50.0 Å². The molecule has 0 N–H and O–H groups in total. The van der Waals surface area contributed by atoms with Crippen molar-refractivity contribution in [3.8, 4) is 0 Å². The van der Waals surface area contributed by atoms with Gasteiger partial charge in [-0.3, -0.25) is 20.0 Å². The molecule has 0 radical (unpaired) electrons. The maximum atomic E-state index is 4.49. The fraction of sp³-hybridized carbons (Fsp3) is 0.111. The molecule has 0 aliphatic carbocycles. The Balaban J connectivity index is 1.63. The Morgan fingerprint density at radius 1 is 0.955 bits per heavy atom. The van der Waals surface area contributed by atoms with Crippen LogP contribution in [0.4, 0.5) is 11.4 Å². The normalized spacial score (nSPS) is 17.5. The lowest BCUT2D eigenvalue weighted by molar-refractivity contribution is 0.927. The minimum Gasteiger partial charge on any atom is -0.269 e. The van der Waals surface area contributed by atoms with Crippen molar-refractivity contribution in [2.45, 2.75) is 6.42 Å². The molecule has 2 heterocycles. The van der Waals surface area contributed by atoms with Crippen LogP contribution in [0.15, 0.2) is 76.0 Å². The Morgan fingerprint density at radius 2 is 1.68 bits per heavy atom. The van der Waals surface area contributed by atoms with E-state index in [1.165, 1.54) is 0 Å². The highest BCUT2D eigenvalue weighted by molar-refractivity contribution is 5.81. The predicted molar refractivity (Wildman–Crippen MR) is 91.8 cm³/mol. The van der Waals surface area contributed by atoms with Crippen molar-refractivity contribution in [3.05, 3.63) is 66.6 Å². The SMILES string of the molecule is C1=CC(C=Nc2ccc(N=Cc3ccncc3)cc2)CC=N1. The first-order valence-corrected chi connectivity index (χ1v) is 7.17. The molecule has 1 aliphatic rings. The van der Waals surface area contributed by atoms with Crippen LogP contribution in [0, 0.1) is 5.92 Å². The summed E-state index contributed by atoms with van der Waals surface area (Å²) in [4.78, 5) is 17.0. The molecule has 108 valence electrons. The molecule has 0 fully saturated rings. The monoisotopic (exact) mass is 288 g/mol. The summed E-state index contributed by atoms with van der Waals surface area (Å²) in [5, 5.41) is 0. The lowest BCUT2D eigenvalue weighted by Gasteiger charge is -2.05. The highest BCUT2D eigenvalue weighted by Crippen LogP contribution is 2.19. The summed E-state index contributed by atoms with van der Waals surface area (Å²) in [6, 6.07) is 11.7. The number of hydrogen-bond acceptors (Lipinski definition) is 4. The first-order valence-electron chi connectivity index (χ1n) is 7.17. The van der Waals surface area contributed by atoms with Gasteiger partial charge in [0, 0.05) is 43.2 Å². The van der Waals surface area contributed by atoms with Crippen molar-refractivity contribution in [1.82, 2.24) is 4.98 Å². The molecule has 1 aliphatic heterocycles. The van der Waals surface area contributed by atoms with Gasteiger partial charge in [-0.1, -0.05) is 6.08 Å². The van der Waals surface area contributed by atoms with Crippen LogP contribution in [0.2, 0.25) is 0 Å². The van der Waals surface area contributed by atoms with Gasteiger partial charge in [0.15, 0.2) is 0 Å². The zero-order chi connectivity index (χ0) is 15.0. The van der Waals surface area contributed by atoms with E-state index in [0.717, 1.165) is 23.4 Å². The first kappa shape index (κ1) is 14.1. The van der Waals surface area contributed by atoms with E-state index in [-0.39, 0.29) is 0 Å². The molecule has 1 aromatic carbocycles. The maximum Gasteiger partial charge on any atom is 0.0631 e. The molecule has 0 saturated heterocycles. The molecule has 3 rings (SSSR count). The van der Waals surface area contributed by atoms with Crippen molar-refractivity contribution in [1.29, 1.82) is 0 Å². The molecule has 4 nitrogen and oxygen atoms in total. The minimum atomic E-state index is 0.335. The van der Waals surface area contributed by atoms with Gasteiger partial charge in [0.1, 0.15) is 0 Å². The van der Waals surface area contributed by atoms with Crippen molar-refractivity contribution in [3.63, 3.8) is 0 Å². The van der Waals surface area contributed by atoms with E-state index in [0.29, 0.717) is 5.92 Å². The van der Waals surface area contributed by atoms with Crippen LogP contribution in [-0.2, 0) is 0 Å². The van der Waals surface area contributed by atoms with Gasteiger partial charge in [0.25, 0.3) is 0 Å². The van der Waals surface area contributed by atoms with E-state index in [4.69, 9.17) is 0 Å². The standard InChI is InChI=1S/C18H16N4/c1-2-18(22-14-16-7-11-20-12-8-16)4-3-17(1)21-13-15-5-9-19-10-6-15/h1-7,9-14,16H,8H2. The van der Waals surface area contributed by atoms with Crippen molar-refractivity contribution < 1.29 is 0 Å². The maximum absolute atomic E-state index is 4.49. The Morgan fingerprint density at radius 3 is 2.36 bits per heavy atom. The number of rotatable bonds is 4. The second-order valence-electron chi connectivity index (χ2n) is 4.91. The third-order valence-electron chi connectivity index (χ3n) is 3.24. The van der Waals surface area contributed by atoms with Crippen LogP contribution < -0.4 is 0 Å². The van der Waals surface area contributed by atoms with E-state index >= 15 is 0 Å². The number of hydrogen-bond donors (Lipinski definition) is 0. The summed E-state index contributed by atoms with van der Waals surface area (Å²) >= 11 is 0. The van der Waals surface area contributed by atoms with E-state index in [9.17, 15) is 0 Å². The summed E-state index contributed by atoms with van der Waals surface area (Å²) in [6.45, 7) is 0. The molecule has 0 spiro atoms. The Labute approximate surface area is 129 Å². The molecule has 4 heteroatoms. The molecular weight excluding hydrogens is 272 g/mol. The molecule has 0 bridgehead atoms. The van der Waals surface area contributed by atoms with E-state index < -0.39 is 0 Å². The molecule has 0 saturated carbocycles. The highest BCUT2D eigenvalue weighted by Gasteiger charge is 2.01. The number of nitrogens with zero attached hydrogens (tertiary/aromatic N) is 4. The van der Waals surface area contributed by atoms with Gasteiger partial charge in [-0.05, 0) is 48.4 Å². The van der Waals surface area contributed by atoms with Crippen molar-refractivity contribution >= 4 is 30.0 Å². The van der Waals surface area contributed by atoms with Gasteiger partial charge < -0.3 is 0 Å². The van der Waals surface area contributed by atoms with Gasteiger partial charge in [-0.2, -0.15) is 0 Å². The second kappa shape index (κ2) is 7.22. The Bertz CT molecular complexity index is 713. The van der Waals surface area contributed by atoms with Crippen LogP contribution in [0.1, 0.15) is 12.0 Å².